The van der Waals surface area contributed by atoms with Crippen LogP contribution in [0.2, 0.25) is 0 Å². The standard InChI is InChI=1S/C18H36N6/c1-22(2)13-7-10-16-17(11-8-14-23(3)4)19-21-20-18(16)12-9-15-24(5)6/h7-15H2,1-6H3. The van der Waals surface area contributed by atoms with Gasteiger partial charge in [0, 0.05) is 0 Å². The van der Waals surface area contributed by atoms with Crippen molar-refractivity contribution in [3.8, 4) is 0 Å². The first-order valence-corrected chi connectivity index (χ1v) is 9.04. The van der Waals surface area contributed by atoms with E-state index in [2.05, 4.69) is 72.4 Å². The summed E-state index contributed by atoms with van der Waals surface area (Å²) in [7, 11) is 12.7. The maximum absolute atomic E-state index is 4.37. The number of aryl methyl sites for hydroxylation is 2. The van der Waals surface area contributed by atoms with Crippen LogP contribution in [0.3, 0.4) is 0 Å². The SMILES string of the molecule is CN(C)CCCc1nnnc(CCCN(C)C)c1CCCN(C)C. The Morgan fingerprint density at radius 1 is 0.583 bits per heavy atom. The minimum Gasteiger partial charge on any atom is -0.309 e. The zero-order chi connectivity index (χ0) is 17.9. The third-order valence-corrected chi connectivity index (χ3v) is 4.10. The predicted molar refractivity (Wildman–Crippen MR) is 100 cm³/mol. The van der Waals surface area contributed by atoms with Crippen LogP contribution in [-0.2, 0) is 19.3 Å². The van der Waals surface area contributed by atoms with Gasteiger partial charge in [-0.3, -0.25) is 0 Å². The molecule has 0 spiro atoms. The molecule has 138 valence electrons. The van der Waals surface area contributed by atoms with Gasteiger partial charge in [-0.15, -0.1) is 10.2 Å². The second-order valence-corrected chi connectivity index (χ2v) is 7.38. The van der Waals surface area contributed by atoms with Crippen LogP contribution in [0.25, 0.3) is 0 Å². The lowest BCUT2D eigenvalue weighted by Gasteiger charge is -2.15. The first-order chi connectivity index (χ1) is 11.4. The molecular weight excluding hydrogens is 300 g/mol. The van der Waals surface area contributed by atoms with Crippen molar-refractivity contribution in [2.45, 2.75) is 38.5 Å². The lowest BCUT2D eigenvalue weighted by molar-refractivity contribution is 0.392. The van der Waals surface area contributed by atoms with E-state index in [1.807, 2.05) is 0 Å². The van der Waals surface area contributed by atoms with Gasteiger partial charge in [-0.1, -0.05) is 0 Å². The highest BCUT2D eigenvalue weighted by atomic mass is 15.3. The van der Waals surface area contributed by atoms with Gasteiger partial charge in [-0.05, 0) is 111 Å². The molecule has 0 unspecified atom stereocenters. The van der Waals surface area contributed by atoms with Crippen LogP contribution in [0.15, 0.2) is 0 Å². The van der Waals surface area contributed by atoms with Gasteiger partial charge in [-0.25, -0.2) is 0 Å². The van der Waals surface area contributed by atoms with Gasteiger partial charge >= 0.3 is 0 Å². The molecule has 0 amide bonds. The van der Waals surface area contributed by atoms with E-state index in [0.717, 1.165) is 69.5 Å². The average Bonchev–Trinajstić information content (AvgIpc) is 2.48. The predicted octanol–water partition coefficient (Wildman–Crippen LogP) is 1.35. The normalized spacial score (nSPS) is 11.9. The summed E-state index contributed by atoms with van der Waals surface area (Å²) in [6.07, 6.45) is 6.40. The summed E-state index contributed by atoms with van der Waals surface area (Å²) in [5.74, 6) is 0. The molecule has 24 heavy (non-hydrogen) atoms. The van der Waals surface area contributed by atoms with E-state index in [9.17, 15) is 0 Å². The molecule has 0 saturated heterocycles. The number of rotatable bonds is 12. The highest BCUT2D eigenvalue weighted by Gasteiger charge is 2.13. The molecule has 1 aromatic rings. The molecule has 0 aliphatic rings. The van der Waals surface area contributed by atoms with Crippen molar-refractivity contribution in [2.24, 2.45) is 0 Å². The summed E-state index contributed by atoms with van der Waals surface area (Å²) in [6, 6.07) is 0. The fourth-order valence-electron chi connectivity index (χ4n) is 2.81. The van der Waals surface area contributed by atoms with Crippen molar-refractivity contribution in [3.63, 3.8) is 0 Å². The quantitative estimate of drug-likeness (QED) is 0.574. The van der Waals surface area contributed by atoms with Gasteiger partial charge in [0.2, 0.25) is 0 Å². The molecule has 0 aliphatic carbocycles. The molecule has 1 aromatic heterocycles. The van der Waals surface area contributed by atoms with E-state index < -0.39 is 0 Å². The summed E-state index contributed by atoms with van der Waals surface area (Å²) < 4.78 is 0. The number of hydrogen-bond donors (Lipinski definition) is 0. The van der Waals surface area contributed by atoms with Crippen molar-refractivity contribution in [1.29, 1.82) is 0 Å². The molecule has 0 aromatic carbocycles. The van der Waals surface area contributed by atoms with Crippen LogP contribution >= 0.6 is 0 Å². The Balaban J connectivity index is 2.78. The summed E-state index contributed by atoms with van der Waals surface area (Å²) in [5.41, 5.74) is 3.67. The first kappa shape index (κ1) is 20.9. The van der Waals surface area contributed by atoms with Crippen LogP contribution < -0.4 is 0 Å². The first-order valence-electron chi connectivity index (χ1n) is 9.04. The van der Waals surface area contributed by atoms with E-state index in [1.54, 1.807) is 0 Å². The van der Waals surface area contributed by atoms with Crippen molar-refractivity contribution in [3.05, 3.63) is 17.0 Å². The van der Waals surface area contributed by atoms with Crippen molar-refractivity contribution < 1.29 is 0 Å². The minimum absolute atomic E-state index is 0.992. The third-order valence-electron chi connectivity index (χ3n) is 4.10. The molecule has 1 heterocycles. The highest BCUT2D eigenvalue weighted by Crippen LogP contribution is 2.16. The summed E-state index contributed by atoms with van der Waals surface area (Å²) in [6.45, 7) is 3.25. The molecule has 0 radical (unpaired) electrons. The van der Waals surface area contributed by atoms with Gasteiger partial charge in [0.25, 0.3) is 0 Å². The Labute approximate surface area is 148 Å². The van der Waals surface area contributed by atoms with Crippen molar-refractivity contribution >= 4 is 0 Å². The smallest absolute Gasteiger partial charge is 0.0700 e. The highest BCUT2D eigenvalue weighted by molar-refractivity contribution is 5.24. The monoisotopic (exact) mass is 336 g/mol. The van der Waals surface area contributed by atoms with Crippen molar-refractivity contribution in [1.82, 2.24) is 30.1 Å². The zero-order valence-electron chi connectivity index (χ0n) is 16.5. The van der Waals surface area contributed by atoms with Crippen LogP contribution in [0.1, 0.15) is 36.2 Å². The molecule has 6 heteroatoms. The second kappa shape index (κ2) is 11.4. The summed E-state index contributed by atoms with van der Waals surface area (Å²) in [5, 5.41) is 12.8. The van der Waals surface area contributed by atoms with Gasteiger partial charge in [0.05, 0.1) is 11.4 Å². The van der Waals surface area contributed by atoms with E-state index in [-0.39, 0.29) is 0 Å². The Bertz CT molecular complexity index is 427. The topological polar surface area (TPSA) is 48.4 Å². The van der Waals surface area contributed by atoms with Crippen LogP contribution in [0.4, 0.5) is 0 Å². The molecular formula is C18H36N6. The molecule has 0 aliphatic heterocycles. The molecule has 0 N–H and O–H groups in total. The molecule has 0 fully saturated rings. The lowest BCUT2D eigenvalue weighted by Crippen LogP contribution is -2.18. The number of aromatic nitrogens is 3. The Morgan fingerprint density at radius 2 is 0.958 bits per heavy atom. The van der Waals surface area contributed by atoms with E-state index >= 15 is 0 Å². The third kappa shape index (κ3) is 8.66. The maximum atomic E-state index is 4.37. The lowest BCUT2D eigenvalue weighted by atomic mass is 10.00. The van der Waals surface area contributed by atoms with Gasteiger partial charge < -0.3 is 14.7 Å². The van der Waals surface area contributed by atoms with Gasteiger partial charge in [0.1, 0.15) is 0 Å². The van der Waals surface area contributed by atoms with Crippen molar-refractivity contribution in [2.75, 3.05) is 61.9 Å². The second-order valence-electron chi connectivity index (χ2n) is 7.38. The van der Waals surface area contributed by atoms with E-state index in [0.29, 0.717) is 0 Å². The van der Waals surface area contributed by atoms with Gasteiger partial charge in [0.15, 0.2) is 0 Å². The average molecular weight is 337 g/mol. The van der Waals surface area contributed by atoms with Crippen LogP contribution in [0.5, 0.6) is 0 Å². The maximum Gasteiger partial charge on any atom is 0.0700 e. The Kier molecular flexibility index (Phi) is 9.98. The minimum atomic E-state index is 0.992. The number of hydrogen-bond acceptors (Lipinski definition) is 6. The summed E-state index contributed by atoms with van der Waals surface area (Å²) >= 11 is 0. The number of nitrogens with zero attached hydrogens (tertiary/aromatic N) is 6. The molecule has 6 nitrogen and oxygen atoms in total. The van der Waals surface area contributed by atoms with Crippen LogP contribution in [-0.4, -0.2) is 92.0 Å². The van der Waals surface area contributed by atoms with E-state index in [1.165, 1.54) is 5.56 Å². The Morgan fingerprint density at radius 3 is 1.33 bits per heavy atom. The summed E-state index contributed by atoms with van der Waals surface area (Å²) in [4.78, 5) is 6.68. The Hall–Kier alpha value is -1.11. The molecule has 0 saturated carbocycles. The molecule has 0 atom stereocenters. The fraction of sp³-hybridized carbons (Fsp3) is 0.833. The molecule has 1 rings (SSSR count). The largest absolute Gasteiger partial charge is 0.309 e. The fourth-order valence-corrected chi connectivity index (χ4v) is 2.81. The van der Waals surface area contributed by atoms with E-state index in [4.69, 9.17) is 0 Å². The molecule has 0 bridgehead atoms. The zero-order valence-corrected chi connectivity index (χ0v) is 16.5. The van der Waals surface area contributed by atoms with Gasteiger partial charge in [-0.2, -0.15) is 0 Å². The van der Waals surface area contributed by atoms with Crippen LogP contribution in [0, 0.1) is 0 Å².